The number of rotatable bonds is 8. The number of ether oxygens (including phenoxy) is 2. The Balaban J connectivity index is 2.29. The van der Waals surface area contributed by atoms with Gasteiger partial charge in [0.15, 0.2) is 21.3 Å². The second kappa shape index (κ2) is 8.17. The standard InChI is InChI=1S/C18H23NO4S/c1-3-23-18-12-14(9-10-17(18)22-2)11-16(13-19)24(20,21)15-7-5-4-6-8-15/h4-10,12,16H,3,11,13,19H2,1-2H3. The van der Waals surface area contributed by atoms with E-state index in [1.54, 1.807) is 43.5 Å². The van der Waals surface area contributed by atoms with E-state index in [-0.39, 0.29) is 6.54 Å². The molecule has 0 heterocycles. The highest BCUT2D eigenvalue weighted by atomic mass is 32.2. The van der Waals surface area contributed by atoms with E-state index in [4.69, 9.17) is 15.2 Å². The van der Waals surface area contributed by atoms with Crippen LogP contribution in [0.15, 0.2) is 53.4 Å². The van der Waals surface area contributed by atoms with E-state index < -0.39 is 15.1 Å². The Morgan fingerprint density at radius 1 is 1.08 bits per heavy atom. The molecule has 2 aromatic carbocycles. The zero-order valence-corrected chi connectivity index (χ0v) is 14.8. The van der Waals surface area contributed by atoms with Gasteiger partial charge in [0.1, 0.15) is 0 Å². The Kier molecular flexibility index (Phi) is 6.23. The maximum absolute atomic E-state index is 12.8. The van der Waals surface area contributed by atoms with Crippen molar-refractivity contribution in [2.24, 2.45) is 5.73 Å². The number of sulfone groups is 1. The van der Waals surface area contributed by atoms with Crippen molar-refractivity contribution in [3.8, 4) is 11.5 Å². The second-order valence-electron chi connectivity index (χ2n) is 5.34. The molecule has 0 saturated carbocycles. The lowest BCUT2D eigenvalue weighted by Gasteiger charge is -2.17. The fourth-order valence-corrected chi connectivity index (χ4v) is 4.09. The zero-order valence-electron chi connectivity index (χ0n) is 13.9. The van der Waals surface area contributed by atoms with E-state index >= 15 is 0 Å². The fourth-order valence-electron chi connectivity index (χ4n) is 2.50. The van der Waals surface area contributed by atoms with E-state index in [0.717, 1.165) is 5.56 Å². The smallest absolute Gasteiger partial charge is 0.182 e. The predicted molar refractivity (Wildman–Crippen MR) is 94.3 cm³/mol. The monoisotopic (exact) mass is 349 g/mol. The lowest BCUT2D eigenvalue weighted by atomic mass is 10.1. The Morgan fingerprint density at radius 3 is 2.38 bits per heavy atom. The van der Waals surface area contributed by atoms with Crippen LogP contribution < -0.4 is 15.2 Å². The maximum atomic E-state index is 12.8. The average Bonchev–Trinajstić information content (AvgIpc) is 2.60. The Hall–Kier alpha value is -2.05. The van der Waals surface area contributed by atoms with Gasteiger partial charge >= 0.3 is 0 Å². The van der Waals surface area contributed by atoms with E-state index in [9.17, 15) is 8.42 Å². The summed E-state index contributed by atoms with van der Waals surface area (Å²) in [5, 5.41) is -0.692. The third-order valence-corrected chi connectivity index (χ3v) is 5.93. The van der Waals surface area contributed by atoms with Gasteiger partial charge in [-0.1, -0.05) is 24.3 Å². The normalized spacial score (nSPS) is 12.6. The first kappa shape index (κ1) is 18.3. The summed E-state index contributed by atoms with van der Waals surface area (Å²) >= 11 is 0. The van der Waals surface area contributed by atoms with Gasteiger partial charge in [-0.2, -0.15) is 0 Å². The van der Waals surface area contributed by atoms with Crippen molar-refractivity contribution in [2.45, 2.75) is 23.5 Å². The van der Waals surface area contributed by atoms with E-state index in [1.807, 2.05) is 19.1 Å². The lowest BCUT2D eigenvalue weighted by molar-refractivity contribution is 0.310. The molecule has 5 nitrogen and oxygen atoms in total. The second-order valence-corrected chi connectivity index (χ2v) is 7.57. The van der Waals surface area contributed by atoms with Gasteiger partial charge in [0, 0.05) is 6.54 Å². The van der Waals surface area contributed by atoms with Gasteiger partial charge in [-0.15, -0.1) is 0 Å². The summed E-state index contributed by atoms with van der Waals surface area (Å²) in [6.07, 6.45) is 0.317. The highest BCUT2D eigenvalue weighted by Gasteiger charge is 2.26. The summed E-state index contributed by atoms with van der Waals surface area (Å²) in [6.45, 7) is 2.43. The molecule has 2 N–H and O–H groups in total. The first-order valence-corrected chi connectivity index (χ1v) is 9.36. The average molecular weight is 349 g/mol. The van der Waals surface area contributed by atoms with Crippen LogP contribution in [0.5, 0.6) is 11.5 Å². The van der Waals surface area contributed by atoms with Crippen molar-refractivity contribution in [3.05, 3.63) is 54.1 Å². The molecule has 0 aromatic heterocycles. The minimum absolute atomic E-state index is 0.0488. The summed E-state index contributed by atoms with van der Waals surface area (Å²) in [7, 11) is -1.92. The molecule has 0 bridgehead atoms. The van der Waals surface area contributed by atoms with Crippen LogP contribution in [0.3, 0.4) is 0 Å². The molecule has 0 spiro atoms. The zero-order chi connectivity index (χ0) is 17.6. The third-order valence-electron chi connectivity index (χ3n) is 3.76. The van der Waals surface area contributed by atoms with Gasteiger partial charge < -0.3 is 15.2 Å². The lowest BCUT2D eigenvalue weighted by Crippen LogP contribution is -2.32. The van der Waals surface area contributed by atoms with Crippen LogP contribution in [-0.2, 0) is 16.3 Å². The molecule has 24 heavy (non-hydrogen) atoms. The van der Waals surface area contributed by atoms with Crippen LogP contribution in [0.4, 0.5) is 0 Å². The molecule has 0 aliphatic carbocycles. The molecular weight excluding hydrogens is 326 g/mol. The van der Waals surface area contributed by atoms with Crippen LogP contribution in [0.1, 0.15) is 12.5 Å². The number of benzene rings is 2. The van der Waals surface area contributed by atoms with Crippen LogP contribution in [0, 0.1) is 0 Å². The maximum Gasteiger partial charge on any atom is 0.182 e. The van der Waals surface area contributed by atoms with E-state index in [1.165, 1.54) is 0 Å². The SMILES string of the molecule is CCOc1cc(CC(CN)S(=O)(=O)c2ccccc2)ccc1OC. The highest BCUT2D eigenvalue weighted by Crippen LogP contribution is 2.29. The van der Waals surface area contributed by atoms with E-state index in [2.05, 4.69) is 0 Å². The first-order chi connectivity index (χ1) is 11.5. The van der Waals surface area contributed by atoms with Crippen molar-refractivity contribution in [1.82, 2.24) is 0 Å². The summed E-state index contributed by atoms with van der Waals surface area (Å²) in [6, 6.07) is 13.8. The van der Waals surface area contributed by atoms with Crippen molar-refractivity contribution >= 4 is 9.84 Å². The molecule has 6 heteroatoms. The van der Waals surface area contributed by atoms with Gasteiger partial charge in [0.2, 0.25) is 0 Å². The van der Waals surface area contributed by atoms with Gasteiger partial charge in [0.05, 0.1) is 23.9 Å². The molecule has 0 amide bonds. The molecule has 2 aromatic rings. The van der Waals surface area contributed by atoms with Crippen LogP contribution in [0.2, 0.25) is 0 Å². The summed E-state index contributed by atoms with van der Waals surface area (Å²) in [5.74, 6) is 1.22. The fraction of sp³-hybridized carbons (Fsp3) is 0.333. The quantitative estimate of drug-likeness (QED) is 0.792. The topological polar surface area (TPSA) is 78.6 Å². The predicted octanol–water partition coefficient (Wildman–Crippen LogP) is 2.44. The number of nitrogens with two attached hydrogens (primary N) is 1. The van der Waals surface area contributed by atoms with E-state index in [0.29, 0.717) is 29.4 Å². The molecule has 0 fully saturated rings. The molecule has 0 aliphatic heterocycles. The van der Waals surface area contributed by atoms with Crippen molar-refractivity contribution in [1.29, 1.82) is 0 Å². The minimum atomic E-state index is -3.49. The first-order valence-electron chi connectivity index (χ1n) is 7.81. The molecular formula is C18H23NO4S. The van der Waals surface area contributed by atoms with Crippen LogP contribution in [0.25, 0.3) is 0 Å². The van der Waals surface area contributed by atoms with Crippen LogP contribution >= 0.6 is 0 Å². The summed E-state index contributed by atoms with van der Waals surface area (Å²) in [4.78, 5) is 0.291. The number of hydrogen-bond acceptors (Lipinski definition) is 5. The van der Waals surface area contributed by atoms with Gasteiger partial charge in [0.25, 0.3) is 0 Å². The van der Waals surface area contributed by atoms with Crippen molar-refractivity contribution in [3.63, 3.8) is 0 Å². The number of methoxy groups -OCH3 is 1. The van der Waals surface area contributed by atoms with Crippen LogP contribution in [-0.4, -0.2) is 33.9 Å². The van der Waals surface area contributed by atoms with Gasteiger partial charge in [-0.25, -0.2) is 8.42 Å². The molecule has 0 radical (unpaired) electrons. The molecule has 0 saturated heterocycles. The minimum Gasteiger partial charge on any atom is -0.493 e. The number of hydrogen-bond donors (Lipinski definition) is 1. The Bertz CT molecular complexity index is 760. The Morgan fingerprint density at radius 2 is 1.79 bits per heavy atom. The van der Waals surface area contributed by atoms with Crippen molar-refractivity contribution < 1.29 is 17.9 Å². The van der Waals surface area contributed by atoms with Crippen molar-refractivity contribution in [2.75, 3.05) is 20.3 Å². The third kappa shape index (κ3) is 4.07. The molecule has 130 valence electrons. The molecule has 2 rings (SSSR count). The molecule has 1 atom stereocenters. The highest BCUT2D eigenvalue weighted by molar-refractivity contribution is 7.92. The summed E-state index contributed by atoms with van der Waals surface area (Å²) < 4.78 is 36.3. The van der Waals surface area contributed by atoms with Gasteiger partial charge in [-0.3, -0.25) is 0 Å². The largest absolute Gasteiger partial charge is 0.493 e. The Labute approximate surface area is 143 Å². The molecule has 0 aliphatic rings. The van der Waals surface area contributed by atoms with Gasteiger partial charge in [-0.05, 0) is 43.2 Å². The molecule has 1 unspecified atom stereocenters. The summed E-state index contributed by atoms with van der Waals surface area (Å²) in [5.41, 5.74) is 6.60.